The van der Waals surface area contributed by atoms with Crippen molar-refractivity contribution >= 4 is 29.4 Å². The number of hydrogen-bond acceptors (Lipinski definition) is 10. The van der Waals surface area contributed by atoms with Gasteiger partial charge in [-0.05, 0) is 12.7 Å². The molecule has 5 atom stereocenters. The first-order chi connectivity index (χ1) is 14.8. The summed E-state index contributed by atoms with van der Waals surface area (Å²) in [6, 6.07) is 0.0978. The SMILES string of the molecule is CCSCC(COC1=C(C)C(=O)C2=C(C1=O)C(CO)C1(OC)C3NC3CN21)OC(N)=O. The van der Waals surface area contributed by atoms with Crippen LogP contribution >= 0.6 is 11.8 Å². The van der Waals surface area contributed by atoms with Crippen LogP contribution in [0.3, 0.4) is 0 Å². The first-order valence-corrected chi connectivity index (χ1v) is 11.4. The van der Waals surface area contributed by atoms with Crippen LogP contribution in [0.5, 0.6) is 0 Å². The zero-order chi connectivity index (χ0) is 22.5. The van der Waals surface area contributed by atoms with Gasteiger partial charge in [-0.15, -0.1) is 0 Å². The van der Waals surface area contributed by atoms with Gasteiger partial charge in [0, 0.05) is 36.6 Å². The van der Waals surface area contributed by atoms with Crippen LogP contribution in [0.2, 0.25) is 0 Å². The highest BCUT2D eigenvalue weighted by molar-refractivity contribution is 7.99. The van der Waals surface area contributed by atoms with Crippen molar-refractivity contribution in [3.63, 3.8) is 0 Å². The van der Waals surface area contributed by atoms with Crippen molar-refractivity contribution in [2.75, 3.05) is 38.4 Å². The van der Waals surface area contributed by atoms with E-state index in [4.69, 9.17) is 19.9 Å². The van der Waals surface area contributed by atoms with Crippen LogP contribution in [0.1, 0.15) is 13.8 Å². The lowest BCUT2D eigenvalue weighted by Crippen LogP contribution is -2.54. The number of primary amides is 1. The van der Waals surface area contributed by atoms with Crippen LogP contribution in [0.25, 0.3) is 0 Å². The average molecular weight is 454 g/mol. The minimum atomic E-state index is -0.972. The van der Waals surface area contributed by atoms with Crippen LogP contribution in [0.4, 0.5) is 4.79 Å². The van der Waals surface area contributed by atoms with Gasteiger partial charge in [0.05, 0.1) is 24.3 Å². The number of aliphatic hydroxyl groups excluding tert-OH is 1. The molecule has 0 aromatic carbocycles. The maximum absolute atomic E-state index is 13.4. The maximum atomic E-state index is 13.4. The molecule has 0 spiro atoms. The van der Waals surface area contributed by atoms with Crippen molar-refractivity contribution in [3.05, 3.63) is 22.6 Å². The highest BCUT2D eigenvalue weighted by Gasteiger charge is 2.72. The summed E-state index contributed by atoms with van der Waals surface area (Å²) in [4.78, 5) is 39.7. The summed E-state index contributed by atoms with van der Waals surface area (Å²) >= 11 is 1.53. The van der Waals surface area contributed by atoms with Gasteiger partial charge < -0.3 is 35.3 Å². The molecular formula is C20H27N3O7S. The molecule has 1 aliphatic carbocycles. The van der Waals surface area contributed by atoms with E-state index in [9.17, 15) is 19.5 Å². The lowest BCUT2D eigenvalue weighted by Gasteiger charge is -2.39. The molecule has 31 heavy (non-hydrogen) atoms. The second kappa shape index (κ2) is 8.12. The Labute approximate surface area is 184 Å². The fourth-order valence-electron chi connectivity index (χ4n) is 5.00. The number of piperazine rings is 1. The van der Waals surface area contributed by atoms with Crippen molar-refractivity contribution in [2.45, 2.75) is 37.8 Å². The number of rotatable bonds is 9. The van der Waals surface area contributed by atoms with Gasteiger partial charge in [-0.3, -0.25) is 9.59 Å². The number of aliphatic hydroxyl groups is 1. The minimum absolute atomic E-state index is 0.0649. The number of Topliss-reactive ketones (excluding diaryl/α,β-unsaturated/α-hetero) is 2. The fraction of sp³-hybridized carbons (Fsp3) is 0.650. The summed E-state index contributed by atoms with van der Waals surface area (Å²) in [5.74, 6) is -0.300. The second-order valence-electron chi connectivity index (χ2n) is 7.96. The topological polar surface area (TPSA) is 150 Å². The van der Waals surface area contributed by atoms with E-state index in [0.29, 0.717) is 12.3 Å². The Morgan fingerprint density at radius 1 is 1.42 bits per heavy atom. The zero-order valence-corrected chi connectivity index (χ0v) is 18.5. The molecule has 0 aromatic heterocycles. The summed E-state index contributed by atoms with van der Waals surface area (Å²) in [6.45, 7) is 3.57. The van der Waals surface area contributed by atoms with Crippen molar-refractivity contribution in [1.82, 2.24) is 10.2 Å². The monoisotopic (exact) mass is 453 g/mol. The third kappa shape index (κ3) is 3.25. The van der Waals surface area contributed by atoms with Gasteiger partial charge in [0.25, 0.3) is 0 Å². The predicted molar refractivity (Wildman–Crippen MR) is 111 cm³/mol. The number of ether oxygens (including phenoxy) is 3. The molecular weight excluding hydrogens is 426 g/mol. The number of nitrogens with one attached hydrogen (secondary N) is 1. The Hall–Kier alpha value is -2.08. The van der Waals surface area contributed by atoms with E-state index in [0.717, 1.165) is 5.75 Å². The molecule has 4 rings (SSSR count). The Balaban J connectivity index is 1.60. The van der Waals surface area contributed by atoms with Gasteiger partial charge in [0.15, 0.2) is 11.5 Å². The molecule has 4 N–H and O–H groups in total. The van der Waals surface area contributed by atoms with Gasteiger partial charge >= 0.3 is 6.09 Å². The lowest BCUT2D eigenvalue weighted by molar-refractivity contribution is -0.137. The van der Waals surface area contributed by atoms with Crippen LogP contribution in [0, 0.1) is 5.92 Å². The summed E-state index contributed by atoms with van der Waals surface area (Å²) in [7, 11) is 1.53. The molecule has 5 unspecified atom stereocenters. The number of nitrogens with two attached hydrogens (primary N) is 1. The predicted octanol–water partition coefficient (Wildman–Crippen LogP) is -0.479. The summed E-state index contributed by atoms with van der Waals surface area (Å²) in [5, 5.41) is 13.5. The van der Waals surface area contributed by atoms with E-state index >= 15 is 0 Å². The van der Waals surface area contributed by atoms with E-state index in [1.807, 2.05) is 11.8 Å². The Kier molecular flexibility index (Phi) is 5.80. The number of allylic oxidation sites excluding steroid dienone is 2. The first kappa shape index (κ1) is 22.1. The van der Waals surface area contributed by atoms with E-state index in [1.165, 1.54) is 18.9 Å². The quantitative estimate of drug-likeness (QED) is 0.308. The number of hydrogen-bond donors (Lipinski definition) is 3. The number of nitrogens with zero attached hydrogens (tertiary/aromatic N) is 1. The van der Waals surface area contributed by atoms with Crippen LogP contribution in [-0.2, 0) is 23.8 Å². The highest BCUT2D eigenvalue weighted by atomic mass is 32.2. The van der Waals surface area contributed by atoms with Crippen LogP contribution in [0.15, 0.2) is 22.6 Å². The minimum Gasteiger partial charge on any atom is -0.485 e. The molecule has 170 valence electrons. The standard InChI is InChI=1S/C20H27N3O7S/c1-4-31-8-10(30-19(21)27)7-29-17-9(2)15(25)14-13(16(17)26)11(6-24)20(28-3)18-12(22-18)5-23(14)20/h10-12,18,22,24H,4-8H2,1-3H3,(H2,21,27). The smallest absolute Gasteiger partial charge is 0.404 e. The van der Waals surface area contributed by atoms with Crippen molar-refractivity contribution < 1.29 is 33.7 Å². The van der Waals surface area contributed by atoms with Crippen LogP contribution < -0.4 is 11.1 Å². The molecule has 10 nitrogen and oxygen atoms in total. The van der Waals surface area contributed by atoms with Gasteiger partial charge in [-0.1, -0.05) is 6.92 Å². The van der Waals surface area contributed by atoms with Crippen LogP contribution in [-0.4, -0.2) is 90.0 Å². The summed E-state index contributed by atoms with van der Waals surface area (Å²) < 4.78 is 16.7. The molecule has 2 fully saturated rings. The molecule has 2 saturated heterocycles. The molecule has 0 bridgehead atoms. The number of carbonyl (C=O) groups excluding carboxylic acids is 3. The molecule has 0 radical (unpaired) electrons. The molecule has 4 aliphatic rings. The second-order valence-corrected chi connectivity index (χ2v) is 9.28. The number of fused-ring (bicyclic) bond motifs is 4. The van der Waals surface area contributed by atoms with E-state index in [-0.39, 0.29) is 53.7 Å². The third-order valence-corrected chi connectivity index (χ3v) is 7.38. The highest BCUT2D eigenvalue weighted by Crippen LogP contribution is 2.55. The van der Waals surface area contributed by atoms with Crippen molar-refractivity contribution in [2.24, 2.45) is 11.7 Å². The van der Waals surface area contributed by atoms with Crippen molar-refractivity contribution in [1.29, 1.82) is 0 Å². The van der Waals surface area contributed by atoms with Gasteiger partial charge in [-0.25, -0.2) is 4.79 Å². The number of ketones is 2. The molecule has 0 aromatic rings. The summed E-state index contributed by atoms with van der Waals surface area (Å²) in [5.41, 5.74) is 4.85. The van der Waals surface area contributed by atoms with Gasteiger partial charge in [-0.2, -0.15) is 11.8 Å². The Bertz CT molecular complexity index is 888. The third-order valence-electron chi connectivity index (χ3n) is 6.37. The van der Waals surface area contributed by atoms with Crippen molar-refractivity contribution in [3.8, 4) is 0 Å². The molecule has 3 heterocycles. The molecule has 1 amide bonds. The number of thioether (sulfide) groups is 1. The molecule has 0 saturated carbocycles. The van der Waals surface area contributed by atoms with E-state index < -0.39 is 29.6 Å². The Morgan fingerprint density at radius 2 is 2.16 bits per heavy atom. The summed E-state index contributed by atoms with van der Waals surface area (Å²) in [6.07, 6.45) is -1.60. The van der Waals surface area contributed by atoms with Gasteiger partial charge in [0.2, 0.25) is 11.6 Å². The normalized spacial score (nSPS) is 32.1. The first-order valence-electron chi connectivity index (χ1n) is 10.2. The maximum Gasteiger partial charge on any atom is 0.404 e. The lowest BCUT2D eigenvalue weighted by atomic mass is 9.83. The largest absolute Gasteiger partial charge is 0.485 e. The Morgan fingerprint density at radius 3 is 2.77 bits per heavy atom. The average Bonchev–Trinajstić information content (AvgIpc) is 3.35. The molecule has 11 heteroatoms. The van der Waals surface area contributed by atoms with E-state index in [1.54, 1.807) is 6.92 Å². The number of amides is 1. The zero-order valence-electron chi connectivity index (χ0n) is 17.7. The number of methoxy groups -OCH3 is 1. The number of carbonyl (C=O) groups is 3. The van der Waals surface area contributed by atoms with Gasteiger partial charge in [0.1, 0.15) is 12.7 Å². The van der Waals surface area contributed by atoms with E-state index in [2.05, 4.69) is 5.32 Å². The molecule has 3 aliphatic heterocycles. The fourth-order valence-corrected chi connectivity index (χ4v) is 5.66.